The summed E-state index contributed by atoms with van der Waals surface area (Å²) in [4.78, 5) is 37.2. The number of aryl methyl sites for hydroxylation is 1. The van der Waals surface area contributed by atoms with E-state index < -0.39 is 0 Å². The van der Waals surface area contributed by atoms with Gasteiger partial charge < -0.3 is 10.2 Å². The normalized spacial score (nSPS) is 14.2. The molecule has 0 radical (unpaired) electrons. The zero-order valence-corrected chi connectivity index (χ0v) is 15.4. The SMILES string of the molecule is Cc1cc(Br)ccc1NC(=O)CN(C)C(=O)C1=NN(C)C(=O)CC1. The predicted molar refractivity (Wildman–Crippen MR) is 94.6 cm³/mol. The van der Waals surface area contributed by atoms with Gasteiger partial charge in [0.05, 0.1) is 6.54 Å². The van der Waals surface area contributed by atoms with Crippen LogP contribution in [0.4, 0.5) is 5.69 Å². The molecular formula is C16H19BrN4O3. The first kappa shape index (κ1) is 18.1. The van der Waals surface area contributed by atoms with E-state index in [1.165, 1.54) is 19.0 Å². The first-order chi connectivity index (χ1) is 11.3. The molecule has 0 spiro atoms. The van der Waals surface area contributed by atoms with Gasteiger partial charge in [0.25, 0.3) is 5.91 Å². The number of hydrogen-bond acceptors (Lipinski definition) is 4. The Morgan fingerprint density at radius 3 is 2.71 bits per heavy atom. The number of anilines is 1. The lowest BCUT2D eigenvalue weighted by Crippen LogP contribution is -2.41. The van der Waals surface area contributed by atoms with Crippen molar-refractivity contribution in [3.05, 3.63) is 28.2 Å². The van der Waals surface area contributed by atoms with Crippen LogP contribution >= 0.6 is 15.9 Å². The molecule has 3 amide bonds. The van der Waals surface area contributed by atoms with Crippen molar-refractivity contribution < 1.29 is 14.4 Å². The van der Waals surface area contributed by atoms with Gasteiger partial charge in [-0.1, -0.05) is 15.9 Å². The van der Waals surface area contributed by atoms with Crippen LogP contribution in [0.2, 0.25) is 0 Å². The molecule has 0 fully saturated rings. The summed E-state index contributed by atoms with van der Waals surface area (Å²) in [6, 6.07) is 5.53. The van der Waals surface area contributed by atoms with E-state index in [-0.39, 0.29) is 36.4 Å². The Morgan fingerprint density at radius 2 is 2.08 bits per heavy atom. The molecule has 8 heteroatoms. The highest BCUT2D eigenvalue weighted by atomic mass is 79.9. The number of hydrogen-bond donors (Lipinski definition) is 1. The van der Waals surface area contributed by atoms with Gasteiger partial charge in [-0.25, -0.2) is 5.01 Å². The highest BCUT2D eigenvalue weighted by Gasteiger charge is 2.25. The summed E-state index contributed by atoms with van der Waals surface area (Å²) in [6.45, 7) is 1.80. The van der Waals surface area contributed by atoms with Crippen molar-refractivity contribution in [3.8, 4) is 0 Å². The molecule has 24 heavy (non-hydrogen) atoms. The number of likely N-dealkylation sites (N-methyl/N-ethyl adjacent to an activating group) is 1. The van der Waals surface area contributed by atoms with Crippen molar-refractivity contribution in [2.45, 2.75) is 19.8 Å². The van der Waals surface area contributed by atoms with Crippen molar-refractivity contribution in [3.63, 3.8) is 0 Å². The second kappa shape index (κ2) is 7.57. The first-order valence-electron chi connectivity index (χ1n) is 7.43. The van der Waals surface area contributed by atoms with E-state index in [1.807, 2.05) is 19.1 Å². The molecule has 1 N–H and O–H groups in total. The summed E-state index contributed by atoms with van der Waals surface area (Å²) < 4.78 is 0.930. The lowest BCUT2D eigenvalue weighted by atomic mass is 10.1. The highest BCUT2D eigenvalue weighted by molar-refractivity contribution is 9.10. The standard InChI is InChI=1S/C16H19BrN4O3/c1-10-8-11(17)4-5-12(10)18-14(22)9-20(2)16(24)13-6-7-15(23)21(3)19-13/h4-5,8H,6-7,9H2,1-3H3,(H,18,22). The van der Waals surface area contributed by atoms with Gasteiger partial charge in [0, 0.05) is 37.1 Å². The number of halogens is 1. The van der Waals surface area contributed by atoms with Gasteiger partial charge in [0.2, 0.25) is 11.8 Å². The maximum atomic E-state index is 12.3. The maximum Gasteiger partial charge on any atom is 0.270 e. The molecule has 0 unspecified atom stereocenters. The molecule has 1 aliphatic heterocycles. The van der Waals surface area contributed by atoms with Crippen LogP contribution in [0.1, 0.15) is 18.4 Å². The minimum absolute atomic E-state index is 0.0922. The zero-order chi connectivity index (χ0) is 17.9. The van der Waals surface area contributed by atoms with E-state index in [0.29, 0.717) is 12.1 Å². The fourth-order valence-electron chi connectivity index (χ4n) is 2.29. The van der Waals surface area contributed by atoms with E-state index in [1.54, 1.807) is 6.07 Å². The lowest BCUT2D eigenvalue weighted by Gasteiger charge is -2.22. The minimum atomic E-state index is -0.350. The van der Waals surface area contributed by atoms with Crippen molar-refractivity contribution in [1.82, 2.24) is 9.91 Å². The fraction of sp³-hybridized carbons (Fsp3) is 0.375. The van der Waals surface area contributed by atoms with Crippen LogP contribution in [0.15, 0.2) is 27.8 Å². The Hall–Kier alpha value is -2.22. The smallest absolute Gasteiger partial charge is 0.270 e. The molecule has 1 aliphatic rings. The minimum Gasteiger partial charge on any atom is -0.331 e. The van der Waals surface area contributed by atoms with Gasteiger partial charge in [-0.05, 0) is 30.7 Å². The second-order valence-corrected chi connectivity index (χ2v) is 6.55. The van der Waals surface area contributed by atoms with E-state index >= 15 is 0 Å². The van der Waals surface area contributed by atoms with Gasteiger partial charge in [-0.2, -0.15) is 5.10 Å². The Bertz CT molecular complexity index is 717. The van der Waals surface area contributed by atoms with Crippen LogP contribution in [0.3, 0.4) is 0 Å². The largest absolute Gasteiger partial charge is 0.331 e. The Morgan fingerprint density at radius 1 is 1.38 bits per heavy atom. The molecule has 0 saturated heterocycles. The van der Waals surface area contributed by atoms with Crippen LogP contribution < -0.4 is 5.32 Å². The van der Waals surface area contributed by atoms with Gasteiger partial charge in [-0.3, -0.25) is 14.4 Å². The molecule has 7 nitrogen and oxygen atoms in total. The maximum absolute atomic E-state index is 12.3. The van der Waals surface area contributed by atoms with Crippen LogP contribution in [-0.2, 0) is 14.4 Å². The molecule has 1 aromatic carbocycles. The molecule has 128 valence electrons. The molecule has 2 rings (SSSR count). The fourth-order valence-corrected chi connectivity index (χ4v) is 2.76. The number of nitrogens with zero attached hydrogens (tertiary/aromatic N) is 3. The quantitative estimate of drug-likeness (QED) is 0.844. The summed E-state index contributed by atoms with van der Waals surface area (Å²) in [5, 5.41) is 7.92. The third kappa shape index (κ3) is 4.41. The molecule has 0 saturated carbocycles. The summed E-state index contributed by atoms with van der Waals surface area (Å²) in [6.07, 6.45) is 0.541. The van der Waals surface area contributed by atoms with E-state index in [2.05, 4.69) is 26.3 Å². The number of rotatable bonds is 4. The van der Waals surface area contributed by atoms with Gasteiger partial charge >= 0.3 is 0 Å². The number of carbonyl (C=O) groups is 3. The number of nitrogens with one attached hydrogen (secondary N) is 1. The highest BCUT2D eigenvalue weighted by Crippen LogP contribution is 2.20. The van der Waals surface area contributed by atoms with E-state index in [0.717, 1.165) is 15.0 Å². The summed E-state index contributed by atoms with van der Waals surface area (Å²) >= 11 is 3.37. The van der Waals surface area contributed by atoms with E-state index in [9.17, 15) is 14.4 Å². The topological polar surface area (TPSA) is 82.1 Å². The Labute approximate surface area is 148 Å². The predicted octanol–water partition coefficient (Wildman–Crippen LogP) is 1.76. The summed E-state index contributed by atoms with van der Waals surface area (Å²) in [5.41, 5.74) is 1.90. The Balaban J connectivity index is 1.97. The summed E-state index contributed by atoms with van der Waals surface area (Å²) in [5.74, 6) is -0.771. The monoisotopic (exact) mass is 394 g/mol. The van der Waals surface area contributed by atoms with Crippen LogP contribution in [0.25, 0.3) is 0 Å². The second-order valence-electron chi connectivity index (χ2n) is 5.63. The Kier molecular flexibility index (Phi) is 5.71. The number of carbonyl (C=O) groups excluding carboxylic acids is 3. The molecule has 0 aliphatic carbocycles. The summed E-state index contributed by atoms with van der Waals surface area (Å²) in [7, 11) is 3.05. The lowest BCUT2D eigenvalue weighted by molar-refractivity contribution is -0.131. The van der Waals surface area contributed by atoms with Crippen LogP contribution in [-0.4, -0.2) is 54.0 Å². The number of benzene rings is 1. The van der Waals surface area contributed by atoms with Crippen LogP contribution in [0, 0.1) is 6.92 Å². The zero-order valence-electron chi connectivity index (χ0n) is 13.8. The van der Waals surface area contributed by atoms with Crippen molar-refractivity contribution in [2.24, 2.45) is 5.10 Å². The van der Waals surface area contributed by atoms with Crippen molar-refractivity contribution in [2.75, 3.05) is 26.0 Å². The van der Waals surface area contributed by atoms with E-state index in [4.69, 9.17) is 0 Å². The van der Waals surface area contributed by atoms with Gasteiger partial charge in [0.15, 0.2) is 0 Å². The van der Waals surface area contributed by atoms with Crippen LogP contribution in [0.5, 0.6) is 0 Å². The van der Waals surface area contributed by atoms with Crippen molar-refractivity contribution in [1.29, 1.82) is 0 Å². The molecule has 0 atom stereocenters. The van der Waals surface area contributed by atoms with Gasteiger partial charge in [-0.15, -0.1) is 0 Å². The average Bonchev–Trinajstić information content (AvgIpc) is 2.52. The average molecular weight is 395 g/mol. The molecule has 0 bridgehead atoms. The molecule has 1 aromatic rings. The third-order valence-electron chi connectivity index (χ3n) is 3.64. The first-order valence-corrected chi connectivity index (χ1v) is 8.22. The molecule has 1 heterocycles. The number of hydrazone groups is 1. The van der Waals surface area contributed by atoms with Crippen molar-refractivity contribution >= 4 is 45.1 Å². The number of amides is 3. The van der Waals surface area contributed by atoms with Gasteiger partial charge in [0.1, 0.15) is 5.71 Å². The third-order valence-corrected chi connectivity index (χ3v) is 4.14. The molecular weight excluding hydrogens is 376 g/mol. The molecule has 0 aromatic heterocycles.